The molecule has 5 nitrogen and oxygen atoms in total. The first-order valence-electron chi connectivity index (χ1n) is 5.97. The minimum absolute atomic E-state index is 0.00481. The topological polar surface area (TPSA) is 78.4 Å². The molecule has 0 aliphatic carbocycles. The average Bonchev–Trinajstić information content (AvgIpc) is 2.40. The molecular weight excluding hydrogens is 232 g/mol. The first kappa shape index (κ1) is 12.6. The van der Waals surface area contributed by atoms with Crippen LogP contribution in [0, 0.1) is 5.92 Å². The van der Waals surface area contributed by atoms with Gasteiger partial charge in [0.25, 0.3) is 0 Å². The summed E-state index contributed by atoms with van der Waals surface area (Å²) in [5.74, 6) is -0.319. The summed E-state index contributed by atoms with van der Waals surface area (Å²) in [4.78, 5) is 23.0. The van der Waals surface area contributed by atoms with Crippen LogP contribution in [-0.2, 0) is 16.2 Å². The summed E-state index contributed by atoms with van der Waals surface area (Å²) < 4.78 is 0. The molecule has 5 heteroatoms. The highest BCUT2D eigenvalue weighted by molar-refractivity contribution is 5.94. The number of aliphatic hydroxyl groups is 1. The summed E-state index contributed by atoms with van der Waals surface area (Å²) in [6.07, 6.45) is 0.957. The number of carbonyl (C=O) groups excluding carboxylic acids is 2. The first-order valence-corrected chi connectivity index (χ1v) is 5.97. The molecule has 1 unspecified atom stereocenters. The molecule has 1 heterocycles. The van der Waals surface area contributed by atoms with Gasteiger partial charge in [-0.25, -0.2) is 0 Å². The zero-order valence-corrected chi connectivity index (χ0v) is 9.98. The maximum atomic E-state index is 12.0. The fraction of sp³-hybridized carbons (Fsp3) is 0.385. The summed E-state index contributed by atoms with van der Waals surface area (Å²) in [6.45, 7) is 0.268. The average molecular weight is 248 g/mol. The normalized spacial score (nSPS) is 19.2. The highest BCUT2D eigenvalue weighted by atomic mass is 16.3. The molecule has 0 bridgehead atoms. The molecule has 1 aromatic carbocycles. The molecular formula is C13H16N2O3. The Balaban J connectivity index is 2.00. The summed E-state index contributed by atoms with van der Waals surface area (Å²) in [7, 11) is 0. The van der Waals surface area contributed by atoms with Crippen molar-refractivity contribution >= 4 is 17.5 Å². The van der Waals surface area contributed by atoms with E-state index in [2.05, 4.69) is 10.6 Å². The molecule has 1 aliphatic heterocycles. The number of hydrogen-bond donors (Lipinski definition) is 3. The predicted molar refractivity (Wildman–Crippen MR) is 66.7 cm³/mol. The van der Waals surface area contributed by atoms with E-state index >= 15 is 0 Å². The second-order valence-electron chi connectivity index (χ2n) is 4.34. The van der Waals surface area contributed by atoms with E-state index in [-0.39, 0.29) is 24.3 Å². The molecule has 0 aromatic heterocycles. The van der Waals surface area contributed by atoms with Crippen LogP contribution in [0.15, 0.2) is 24.3 Å². The Labute approximate surface area is 105 Å². The molecule has 2 amide bonds. The second kappa shape index (κ2) is 5.64. The van der Waals surface area contributed by atoms with Crippen molar-refractivity contribution in [2.75, 3.05) is 11.9 Å². The smallest absolute Gasteiger partial charge is 0.229 e. The van der Waals surface area contributed by atoms with E-state index in [1.54, 1.807) is 18.2 Å². The lowest BCUT2D eigenvalue weighted by molar-refractivity contribution is -0.126. The molecule has 1 aliphatic rings. The van der Waals surface area contributed by atoms with Crippen LogP contribution in [0.4, 0.5) is 5.69 Å². The van der Waals surface area contributed by atoms with Gasteiger partial charge in [-0.2, -0.15) is 0 Å². The van der Waals surface area contributed by atoms with Crippen LogP contribution in [0.3, 0.4) is 0 Å². The van der Waals surface area contributed by atoms with E-state index in [9.17, 15) is 9.59 Å². The number of benzene rings is 1. The Morgan fingerprint density at radius 3 is 2.89 bits per heavy atom. The molecule has 1 aromatic rings. The summed E-state index contributed by atoms with van der Waals surface area (Å²) >= 11 is 0. The predicted octanol–water partition coefficient (Wildman–Crippen LogP) is 0.644. The van der Waals surface area contributed by atoms with Crippen molar-refractivity contribution in [3.8, 4) is 0 Å². The number of anilines is 1. The minimum atomic E-state index is -0.200. The fourth-order valence-corrected chi connectivity index (χ4v) is 1.97. The third kappa shape index (κ3) is 2.87. The van der Waals surface area contributed by atoms with E-state index < -0.39 is 0 Å². The molecule has 0 radical (unpaired) electrons. The Morgan fingerprint density at radius 1 is 1.44 bits per heavy atom. The molecule has 0 saturated carbocycles. The van der Waals surface area contributed by atoms with Crippen molar-refractivity contribution in [1.29, 1.82) is 0 Å². The quantitative estimate of drug-likeness (QED) is 0.734. The molecule has 1 saturated heterocycles. The van der Waals surface area contributed by atoms with Crippen molar-refractivity contribution in [2.24, 2.45) is 5.92 Å². The molecule has 3 N–H and O–H groups in total. The molecule has 1 fully saturated rings. The maximum Gasteiger partial charge on any atom is 0.229 e. The van der Waals surface area contributed by atoms with Crippen LogP contribution >= 0.6 is 0 Å². The van der Waals surface area contributed by atoms with Gasteiger partial charge in [0.1, 0.15) is 0 Å². The lowest BCUT2D eigenvalue weighted by Crippen LogP contribution is -2.40. The number of piperidine rings is 1. The zero-order chi connectivity index (χ0) is 13.0. The van der Waals surface area contributed by atoms with Crippen LogP contribution in [-0.4, -0.2) is 23.5 Å². The summed E-state index contributed by atoms with van der Waals surface area (Å²) in [5.41, 5.74) is 1.31. The monoisotopic (exact) mass is 248 g/mol. The highest BCUT2D eigenvalue weighted by Crippen LogP contribution is 2.18. The summed E-state index contributed by atoms with van der Waals surface area (Å²) in [5, 5.41) is 14.6. The van der Waals surface area contributed by atoms with Gasteiger partial charge < -0.3 is 15.7 Å². The maximum absolute atomic E-state index is 12.0. The summed E-state index contributed by atoms with van der Waals surface area (Å²) in [6, 6.07) is 7.13. The lowest BCUT2D eigenvalue weighted by Gasteiger charge is -2.22. The number of rotatable bonds is 3. The van der Waals surface area contributed by atoms with Gasteiger partial charge in [-0.05, 0) is 12.5 Å². The van der Waals surface area contributed by atoms with Gasteiger partial charge in [-0.3, -0.25) is 9.59 Å². The van der Waals surface area contributed by atoms with E-state index in [1.165, 1.54) is 0 Å². The van der Waals surface area contributed by atoms with Crippen LogP contribution in [0.1, 0.15) is 18.4 Å². The van der Waals surface area contributed by atoms with E-state index in [0.29, 0.717) is 30.6 Å². The van der Waals surface area contributed by atoms with E-state index in [0.717, 1.165) is 0 Å². The number of carbonyl (C=O) groups is 2. The van der Waals surface area contributed by atoms with E-state index in [4.69, 9.17) is 5.11 Å². The molecule has 18 heavy (non-hydrogen) atoms. The van der Waals surface area contributed by atoms with Crippen LogP contribution in [0.5, 0.6) is 0 Å². The first-order chi connectivity index (χ1) is 8.70. The standard InChI is InChI=1S/C13H16N2O3/c16-8-10-3-1-2-4-11(10)15-13(18)9-5-6-12(17)14-7-9/h1-4,9,16H,5-8H2,(H,14,17)(H,15,18). The Kier molecular flexibility index (Phi) is 3.94. The zero-order valence-electron chi connectivity index (χ0n) is 9.98. The van der Waals surface area contributed by atoms with Crippen molar-refractivity contribution in [1.82, 2.24) is 5.32 Å². The van der Waals surface area contributed by atoms with Gasteiger partial charge in [0.2, 0.25) is 11.8 Å². The molecule has 0 spiro atoms. The van der Waals surface area contributed by atoms with Crippen molar-refractivity contribution in [3.63, 3.8) is 0 Å². The van der Waals surface area contributed by atoms with E-state index in [1.807, 2.05) is 6.07 Å². The lowest BCUT2D eigenvalue weighted by atomic mass is 9.98. The van der Waals surface area contributed by atoms with Crippen molar-refractivity contribution < 1.29 is 14.7 Å². The van der Waals surface area contributed by atoms with Crippen LogP contribution in [0.25, 0.3) is 0 Å². The number of aliphatic hydroxyl groups excluding tert-OH is 1. The molecule has 1 atom stereocenters. The number of amides is 2. The van der Waals surface area contributed by atoms with Gasteiger partial charge in [0.15, 0.2) is 0 Å². The fourth-order valence-electron chi connectivity index (χ4n) is 1.97. The van der Waals surface area contributed by atoms with Crippen molar-refractivity contribution in [2.45, 2.75) is 19.4 Å². The number of para-hydroxylation sites is 1. The SMILES string of the molecule is O=C1CCC(C(=O)Nc2ccccc2CO)CN1. The van der Waals surface area contributed by atoms with Gasteiger partial charge in [-0.15, -0.1) is 0 Å². The van der Waals surface area contributed by atoms with Gasteiger partial charge in [0.05, 0.1) is 12.5 Å². The Hall–Kier alpha value is -1.88. The van der Waals surface area contributed by atoms with Crippen LogP contribution < -0.4 is 10.6 Å². The third-order valence-electron chi connectivity index (χ3n) is 3.08. The van der Waals surface area contributed by atoms with Gasteiger partial charge in [0, 0.05) is 24.2 Å². The highest BCUT2D eigenvalue weighted by Gasteiger charge is 2.24. The second-order valence-corrected chi connectivity index (χ2v) is 4.34. The van der Waals surface area contributed by atoms with Crippen LogP contribution in [0.2, 0.25) is 0 Å². The molecule has 96 valence electrons. The number of nitrogens with one attached hydrogen (secondary N) is 2. The largest absolute Gasteiger partial charge is 0.392 e. The Bertz CT molecular complexity index is 449. The van der Waals surface area contributed by atoms with Gasteiger partial charge in [-0.1, -0.05) is 18.2 Å². The number of hydrogen-bond acceptors (Lipinski definition) is 3. The molecule has 2 rings (SSSR count). The third-order valence-corrected chi connectivity index (χ3v) is 3.08. The minimum Gasteiger partial charge on any atom is -0.392 e. The van der Waals surface area contributed by atoms with Crippen molar-refractivity contribution in [3.05, 3.63) is 29.8 Å². The Morgan fingerprint density at radius 2 is 2.22 bits per heavy atom. The van der Waals surface area contributed by atoms with Gasteiger partial charge >= 0.3 is 0 Å².